The molecule has 0 radical (unpaired) electrons. The van der Waals surface area contributed by atoms with E-state index in [1.54, 1.807) is 30.3 Å². The van der Waals surface area contributed by atoms with Crippen LogP contribution >= 0.6 is 0 Å². The van der Waals surface area contributed by atoms with Gasteiger partial charge in [0.05, 0.1) is 11.8 Å². The summed E-state index contributed by atoms with van der Waals surface area (Å²) in [5, 5.41) is 9.73. The van der Waals surface area contributed by atoms with Crippen LogP contribution in [-0.2, 0) is 0 Å². The van der Waals surface area contributed by atoms with E-state index in [0.29, 0.717) is 11.1 Å². The van der Waals surface area contributed by atoms with E-state index in [9.17, 15) is 22.7 Å². The summed E-state index contributed by atoms with van der Waals surface area (Å²) in [6.07, 6.45) is -3.52. The van der Waals surface area contributed by atoms with Crippen molar-refractivity contribution in [2.75, 3.05) is 0 Å². The average Bonchev–Trinajstić information content (AvgIpc) is 2.48. The summed E-state index contributed by atoms with van der Waals surface area (Å²) in [5.74, 6) is 0. The van der Waals surface area contributed by atoms with E-state index < -0.39 is 18.6 Å². The molecule has 1 aliphatic heterocycles. The smallest absolute Gasteiger partial charge is 0.389 e. The molecule has 1 aromatic carbocycles. The van der Waals surface area contributed by atoms with Crippen molar-refractivity contribution in [3.8, 4) is 0 Å². The number of benzene rings is 1. The number of aliphatic hydroxyl groups excluding tert-OH is 1. The highest BCUT2D eigenvalue weighted by Crippen LogP contribution is 2.44. The van der Waals surface area contributed by atoms with Gasteiger partial charge >= 0.3 is 12.5 Å². The van der Waals surface area contributed by atoms with Gasteiger partial charge < -0.3 is 5.11 Å². The van der Waals surface area contributed by atoms with E-state index in [1.165, 1.54) is 19.9 Å². The maximum atomic E-state index is 14.2. The van der Waals surface area contributed by atoms with Gasteiger partial charge in [-0.2, -0.15) is 8.78 Å². The van der Waals surface area contributed by atoms with Crippen molar-refractivity contribution in [1.29, 1.82) is 0 Å². The number of nitrogens with zero attached hydrogens (tertiary/aromatic N) is 1. The monoisotopic (exact) mass is 327 g/mol. The molecule has 1 unspecified atom stereocenters. The summed E-state index contributed by atoms with van der Waals surface area (Å²) >= 11 is 0. The highest BCUT2D eigenvalue weighted by molar-refractivity contribution is 5.74. The molecule has 0 saturated carbocycles. The zero-order chi connectivity index (χ0) is 17.4. The third-order valence-corrected chi connectivity index (χ3v) is 3.63. The fourth-order valence-corrected chi connectivity index (χ4v) is 2.57. The number of rotatable bonds is 4. The van der Waals surface area contributed by atoms with Crippen LogP contribution in [0.3, 0.4) is 0 Å². The fourth-order valence-electron chi connectivity index (χ4n) is 2.57. The van der Waals surface area contributed by atoms with Crippen molar-refractivity contribution in [2.45, 2.75) is 32.4 Å². The van der Waals surface area contributed by atoms with E-state index in [0.717, 1.165) is 0 Å². The van der Waals surface area contributed by atoms with E-state index in [4.69, 9.17) is 0 Å². The maximum absolute atomic E-state index is 14.2. The Labute approximate surface area is 132 Å². The molecule has 2 nitrogen and oxygen atoms in total. The van der Waals surface area contributed by atoms with Crippen molar-refractivity contribution in [2.24, 2.45) is 0 Å². The minimum atomic E-state index is -4.45. The molecule has 0 amide bonds. The van der Waals surface area contributed by atoms with Crippen molar-refractivity contribution >= 4 is 5.70 Å². The second kappa shape index (κ2) is 6.20. The highest BCUT2D eigenvalue weighted by atomic mass is 19.3. The minimum absolute atomic E-state index is 0.0506. The fraction of sp³-hybridized carbons (Fsp3) is 0.294. The summed E-state index contributed by atoms with van der Waals surface area (Å²) in [6.45, 7) is 6.41. The van der Waals surface area contributed by atoms with Crippen molar-refractivity contribution in [1.82, 2.24) is 4.90 Å². The highest BCUT2D eigenvalue weighted by Gasteiger charge is 2.51. The molecule has 2 rings (SSSR count). The van der Waals surface area contributed by atoms with Crippen LogP contribution in [-0.4, -0.2) is 28.6 Å². The van der Waals surface area contributed by atoms with Gasteiger partial charge in [-0.05, 0) is 31.1 Å². The second-order valence-electron chi connectivity index (χ2n) is 5.34. The number of hydrogen-bond donors (Lipinski definition) is 1. The van der Waals surface area contributed by atoms with E-state index in [2.05, 4.69) is 6.58 Å². The van der Waals surface area contributed by atoms with Gasteiger partial charge in [0.25, 0.3) is 0 Å². The third kappa shape index (κ3) is 3.03. The Morgan fingerprint density at radius 3 is 2.22 bits per heavy atom. The largest absolute Gasteiger partial charge is 0.389 e. The van der Waals surface area contributed by atoms with Crippen LogP contribution in [0.2, 0.25) is 0 Å². The summed E-state index contributed by atoms with van der Waals surface area (Å²) in [4.78, 5) is 0.227. The number of alkyl halides is 4. The van der Waals surface area contributed by atoms with E-state index in [1.807, 2.05) is 0 Å². The van der Waals surface area contributed by atoms with E-state index >= 15 is 0 Å². The average molecular weight is 327 g/mol. The van der Waals surface area contributed by atoms with Gasteiger partial charge in [-0.3, -0.25) is 4.90 Å². The van der Waals surface area contributed by atoms with Crippen LogP contribution in [0.5, 0.6) is 0 Å². The maximum Gasteiger partial charge on any atom is 0.389 e. The van der Waals surface area contributed by atoms with Crippen molar-refractivity contribution in [3.63, 3.8) is 0 Å². The first-order chi connectivity index (χ1) is 10.7. The zero-order valence-corrected chi connectivity index (χ0v) is 12.7. The Morgan fingerprint density at radius 2 is 1.74 bits per heavy atom. The second-order valence-corrected chi connectivity index (χ2v) is 5.34. The lowest BCUT2D eigenvalue weighted by molar-refractivity contribution is -0.195. The Bertz CT molecular complexity index is 662. The number of aliphatic hydroxyl groups is 1. The number of hydrogen-bond acceptors (Lipinski definition) is 2. The van der Waals surface area contributed by atoms with Gasteiger partial charge in [0, 0.05) is 11.3 Å². The van der Waals surface area contributed by atoms with Gasteiger partial charge in [-0.15, -0.1) is 0 Å². The minimum Gasteiger partial charge on any atom is -0.389 e. The summed E-state index contributed by atoms with van der Waals surface area (Å²) < 4.78 is 54.4. The van der Waals surface area contributed by atoms with Crippen LogP contribution < -0.4 is 0 Å². The first kappa shape index (κ1) is 17.3. The van der Waals surface area contributed by atoms with E-state index in [-0.39, 0.29) is 21.9 Å². The zero-order valence-electron chi connectivity index (χ0n) is 12.7. The van der Waals surface area contributed by atoms with Gasteiger partial charge in [0.2, 0.25) is 0 Å². The molecule has 1 atom stereocenters. The predicted molar refractivity (Wildman–Crippen MR) is 80.7 cm³/mol. The molecule has 1 aromatic rings. The summed E-state index contributed by atoms with van der Waals surface area (Å²) in [6, 6.07) is 3.63. The molecule has 0 aromatic heterocycles. The predicted octanol–water partition coefficient (Wildman–Crippen LogP) is 4.41. The van der Waals surface area contributed by atoms with Crippen LogP contribution in [0, 0.1) is 0 Å². The van der Waals surface area contributed by atoms with Gasteiger partial charge in [-0.25, -0.2) is 8.78 Å². The lowest BCUT2D eigenvalue weighted by atomic mass is 9.94. The van der Waals surface area contributed by atoms with Crippen LogP contribution in [0.15, 0.2) is 59.8 Å². The van der Waals surface area contributed by atoms with Crippen LogP contribution in [0.4, 0.5) is 17.6 Å². The lowest BCUT2D eigenvalue weighted by Gasteiger charge is -2.40. The number of allylic oxidation sites excluding steroid dienone is 2. The molecule has 0 aliphatic carbocycles. The first-order valence-electron chi connectivity index (χ1n) is 6.99. The Hall–Kier alpha value is -2.08. The Balaban J connectivity index is 2.70. The van der Waals surface area contributed by atoms with Crippen LogP contribution in [0.25, 0.3) is 5.70 Å². The molecule has 1 heterocycles. The Kier molecular flexibility index (Phi) is 4.66. The topological polar surface area (TPSA) is 23.5 Å². The number of halogens is 4. The molecule has 0 spiro atoms. The molecular weight excluding hydrogens is 310 g/mol. The third-order valence-electron chi connectivity index (χ3n) is 3.63. The molecule has 1 N–H and O–H groups in total. The molecular formula is C17H17F4NO. The quantitative estimate of drug-likeness (QED) is 0.654. The SMILES string of the molecule is C=C1C(C(C)O)=CC(C)=C(c2ccccc2)N1C(F)(F)C(F)F. The molecule has 0 fully saturated rings. The molecule has 1 aliphatic rings. The van der Waals surface area contributed by atoms with Crippen LogP contribution in [0.1, 0.15) is 19.4 Å². The molecule has 0 saturated heterocycles. The van der Waals surface area contributed by atoms with Crippen molar-refractivity contribution in [3.05, 3.63) is 65.4 Å². The van der Waals surface area contributed by atoms with Gasteiger partial charge in [0.1, 0.15) is 0 Å². The molecule has 23 heavy (non-hydrogen) atoms. The standard InChI is InChI=1S/C17H17F4NO/c1-10-9-14(12(3)23)11(2)22(17(20,21)16(18)19)15(10)13-7-5-4-6-8-13/h4-9,12,16,23H,2H2,1,3H3. The van der Waals surface area contributed by atoms with Gasteiger partial charge in [0.15, 0.2) is 0 Å². The van der Waals surface area contributed by atoms with Gasteiger partial charge in [-0.1, -0.05) is 36.9 Å². The van der Waals surface area contributed by atoms with Crippen molar-refractivity contribution < 1.29 is 22.7 Å². The molecule has 124 valence electrons. The molecule has 6 heteroatoms. The summed E-state index contributed by atoms with van der Waals surface area (Å²) in [7, 11) is 0. The Morgan fingerprint density at radius 1 is 1.17 bits per heavy atom. The lowest BCUT2D eigenvalue weighted by Crippen LogP contribution is -2.47. The first-order valence-corrected chi connectivity index (χ1v) is 6.99. The summed E-state index contributed by atoms with van der Waals surface area (Å²) in [5.41, 5.74) is 0.412. The normalized spacial score (nSPS) is 17.7. The molecule has 0 bridgehead atoms.